The number of benzene rings is 1. The van der Waals surface area contributed by atoms with Crippen LogP contribution in [0.3, 0.4) is 0 Å². The van der Waals surface area contributed by atoms with Crippen molar-refractivity contribution in [3.8, 4) is 5.75 Å². The Kier molecular flexibility index (Phi) is 7.75. The summed E-state index contributed by atoms with van der Waals surface area (Å²) in [6.07, 6.45) is 3.49. The minimum Gasteiger partial charge on any atom is -0.496 e. The zero-order valence-electron chi connectivity index (χ0n) is 14.3. The third-order valence-corrected chi connectivity index (χ3v) is 5.06. The van der Waals surface area contributed by atoms with Gasteiger partial charge in [0, 0.05) is 16.1 Å². The SMILES string of the molecule is CCCNC(CC(C)CC)c1c(C)c(Br)cc(C)c1OC. The van der Waals surface area contributed by atoms with Crippen molar-refractivity contribution < 1.29 is 4.74 Å². The van der Waals surface area contributed by atoms with E-state index in [1.807, 2.05) is 0 Å². The number of halogens is 1. The van der Waals surface area contributed by atoms with E-state index >= 15 is 0 Å². The van der Waals surface area contributed by atoms with E-state index < -0.39 is 0 Å². The maximum Gasteiger partial charge on any atom is 0.126 e. The summed E-state index contributed by atoms with van der Waals surface area (Å²) in [5, 5.41) is 3.72. The summed E-state index contributed by atoms with van der Waals surface area (Å²) in [5.74, 6) is 1.73. The lowest BCUT2D eigenvalue weighted by Gasteiger charge is -2.27. The van der Waals surface area contributed by atoms with Crippen LogP contribution in [0.1, 0.15) is 62.8 Å². The molecule has 2 nitrogen and oxygen atoms in total. The third-order valence-electron chi connectivity index (χ3n) is 4.24. The molecule has 1 aromatic carbocycles. The van der Waals surface area contributed by atoms with E-state index in [2.05, 4.69) is 61.9 Å². The second-order valence-corrected chi connectivity index (χ2v) is 6.86. The van der Waals surface area contributed by atoms with Crippen LogP contribution >= 0.6 is 15.9 Å². The van der Waals surface area contributed by atoms with E-state index in [0.29, 0.717) is 12.0 Å². The highest BCUT2D eigenvalue weighted by molar-refractivity contribution is 9.10. The molecule has 0 bridgehead atoms. The summed E-state index contributed by atoms with van der Waals surface area (Å²) in [7, 11) is 1.78. The van der Waals surface area contributed by atoms with Gasteiger partial charge in [0.25, 0.3) is 0 Å². The molecule has 21 heavy (non-hydrogen) atoms. The van der Waals surface area contributed by atoms with E-state index in [9.17, 15) is 0 Å². The molecule has 0 aliphatic carbocycles. The zero-order valence-corrected chi connectivity index (χ0v) is 15.9. The first kappa shape index (κ1) is 18.5. The molecule has 0 fully saturated rings. The van der Waals surface area contributed by atoms with Gasteiger partial charge in [-0.25, -0.2) is 0 Å². The molecule has 2 atom stereocenters. The summed E-state index contributed by atoms with van der Waals surface area (Å²) >= 11 is 3.70. The van der Waals surface area contributed by atoms with Gasteiger partial charge in [-0.15, -0.1) is 0 Å². The maximum absolute atomic E-state index is 5.73. The first-order valence-electron chi connectivity index (χ1n) is 8.03. The average molecular weight is 356 g/mol. The summed E-state index contributed by atoms with van der Waals surface area (Å²) in [6.45, 7) is 12.1. The zero-order chi connectivity index (χ0) is 16.0. The summed E-state index contributed by atoms with van der Waals surface area (Å²) in [4.78, 5) is 0. The van der Waals surface area contributed by atoms with Gasteiger partial charge in [0.1, 0.15) is 5.75 Å². The maximum atomic E-state index is 5.73. The largest absolute Gasteiger partial charge is 0.496 e. The van der Waals surface area contributed by atoms with E-state index in [1.54, 1.807) is 7.11 Å². The molecule has 1 aromatic rings. The first-order valence-corrected chi connectivity index (χ1v) is 8.82. The second kappa shape index (κ2) is 8.79. The molecule has 0 saturated heterocycles. The molecule has 0 aromatic heterocycles. The fourth-order valence-electron chi connectivity index (χ4n) is 2.76. The van der Waals surface area contributed by atoms with Crippen LogP contribution in [-0.4, -0.2) is 13.7 Å². The second-order valence-electron chi connectivity index (χ2n) is 6.00. The minimum atomic E-state index is 0.353. The predicted octanol–water partition coefficient (Wildman–Crippen LogP) is 5.55. The number of nitrogens with one attached hydrogen (secondary N) is 1. The summed E-state index contributed by atoms with van der Waals surface area (Å²) in [5.41, 5.74) is 3.80. The van der Waals surface area contributed by atoms with Crippen LogP contribution < -0.4 is 10.1 Å². The predicted molar refractivity (Wildman–Crippen MR) is 95.3 cm³/mol. The average Bonchev–Trinajstić information content (AvgIpc) is 2.46. The monoisotopic (exact) mass is 355 g/mol. The molecule has 0 amide bonds. The lowest BCUT2D eigenvalue weighted by molar-refractivity contribution is 0.367. The normalized spacial score (nSPS) is 14.0. The number of hydrogen-bond acceptors (Lipinski definition) is 2. The molecule has 0 aliphatic rings. The quantitative estimate of drug-likeness (QED) is 0.659. The molecular weight excluding hydrogens is 326 g/mol. The third kappa shape index (κ3) is 4.72. The number of ether oxygens (including phenoxy) is 1. The number of hydrogen-bond donors (Lipinski definition) is 1. The Morgan fingerprint density at radius 2 is 1.95 bits per heavy atom. The molecule has 1 N–H and O–H groups in total. The van der Waals surface area contributed by atoms with Crippen molar-refractivity contribution in [3.63, 3.8) is 0 Å². The number of methoxy groups -OCH3 is 1. The topological polar surface area (TPSA) is 21.3 Å². The van der Waals surface area contributed by atoms with Gasteiger partial charge in [-0.05, 0) is 56.3 Å². The van der Waals surface area contributed by atoms with Gasteiger partial charge >= 0.3 is 0 Å². The van der Waals surface area contributed by atoms with Gasteiger partial charge in [-0.3, -0.25) is 0 Å². The number of rotatable bonds is 8. The Bertz CT molecular complexity index is 459. The highest BCUT2D eigenvalue weighted by Crippen LogP contribution is 2.38. The van der Waals surface area contributed by atoms with Crippen molar-refractivity contribution >= 4 is 15.9 Å². The molecule has 0 radical (unpaired) electrons. The minimum absolute atomic E-state index is 0.353. The molecule has 2 unspecified atom stereocenters. The molecule has 0 aliphatic heterocycles. The highest BCUT2D eigenvalue weighted by Gasteiger charge is 2.22. The fourth-order valence-corrected chi connectivity index (χ4v) is 3.31. The van der Waals surface area contributed by atoms with Gasteiger partial charge in [-0.2, -0.15) is 0 Å². The Labute approximate surface area is 138 Å². The summed E-state index contributed by atoms with van der Waals surface area (Å²) in [6, 6.07) is 2.50. The Morgan fingerprint density at radius 1 is 1.29 bits per heavy atom. The van der Waals surface area contributed by atoms with E-state index in [-0.39, 0.29) is 0 Å². The van der Waals surface area contributed by atoms with Crippen molar-refractivity contribution in [2.24, 2.45) is 5.92 Å². The van der Waals surface area contributed by atoms with Crippen molar-refractivity contribution in [2.75, 3.05) is 13.7 Å². The molecule has 0 saturated carbocycles. The van der Waals surface area contributed by atoms with Crippen LogP contribution in [0.4, 0.5) is 0 Å². The number of aryl methyl sites for hydroxylation is 1. The smallest absolute Gasteiger partial charge is 0.126 e. The molecule has 1 rings (SSSR count). The van der Waals surface area contributed by atoms with Crippen molar-refractivity contribution in [1.82, 2.24) is 5.32 Å². The fraction of sp³-hybridized carbons (Fsp3) is 0.667. The Balaban J connectivity index is 3.27. The van der Waals surface area contributed by atoms with Crippen molar-refractivity contribution in [3.05, 3.63) is 27.2 Å². The standard InChI is InChI=1S/C18H30BrNO/c1-7-9-20-16(10-12(3)8-2)17-14(5)15(19)11-13(4)18(17)21-6/h11-12,16,20H,7-10H2,1-6H3. The van der Waals surface area contributed by atoms with Crippen molar-refractivity contribution in [1.29, 1.82) is 0 Å². The van der Waals surface area contributed by atoms with Crippen LogP contribution in [0.15, 0.2) is 10.5 Å². The van der Waals surface area contributed by atoms with Crippen LogP contribution in [-0.2, 0) is 0 Å². The first-order chi connectivity index (χ1) is 9.96. The van der Waals surface area contributed by atoms with Gasteiger partial charge in [-0.1, -0.05) is 43.1 Å². The molecule has 0 spiro atoms. The molecule has 0 heterocycles. The van der Waals surface area contributed by atoms with Gasteiger partial charge in [0.05, 0.1) is 7.11 Å². The summed E-state index contributed by atoms with van der Waals surface area (Å²) < 4.78 is 6.90. The molecule has 3 heteroatoms. The van der Waals surface area contributed by atoms with Gasteiger partial charge < -0.3 is 10.1 Å². The van der Waals surface area contributed by atoms with E-state index in [4.69, 9.17) is 4.74 Å². The van der Waals surface area contributed by atoms with E-state index in [1.165, 1.54) is 27.6 Å². The van der Waals surface area contributed by atoms with Gasteiger partial charge in [0.2, 0.25) is 0 Å². The Morgan fingerprint density at radius 3 is 2.48 bits per heavy atom. The van der Waals surface area contributed by atoms with Crippen LogP contribution in [0.2, 0.25) is 0 Å². The van der Waals surface area contributed by atoms with Gasteiger partial charge in [0.15, 0.2) is 0 Å². The molecule has 120 valence electrons. The lowest BCUT2D eigenvalue weighted by Crippen LogP contribution is -2.25. The van der Waals surface area contributed by atoms with Crippen LogP contribution in [0.25, 0.3) is 0 Å². The molecular formula is C18H30BrNO. The van der Waals surface area contributed by atoms with Crippen LogP contribution in [0.5, 0.6) is 5.75 Å². The highest BCUT2D eigenvalue weighted by atomic mass is 79.9. The van der Waals surface area contributed by atoms with Crippen LogP contribution in [0, 0.1) is 19.8 Å². The van der Waals surface area contributed by atoms with Crippen molar-refractivity contribution in [2.45, 2.75) is 59.9 Å². The Hall–Kier alpha value is -0.540. The lowest BCUT2D eigenvalue weighted by atomic mass is 9.90. The van der Waals surface area contributed by atoms with E-state index in [0.717, 1.165) is 25.1 Å².